The molecular formula is C12H15F3IN3O3. The Morgan fingerprint density at radius 1 is 1.36 bits per heavy atom. The summed E-state index contributed by atoms with van der Waals surface area (Å²) in [6.45, 7) is 0.0494. The van der Waals surface area contributed by atoms with Crippen LogP contribution in [0.1, 0.15) is 6.42 Å². The average Bonchev–Trinajstić information content (AvgIpc) is 2.39. The zero-order chi connectivity index (χ0) is 15.9. The summed E-state index contributed by atoms with van der Waals surface area (Å²) in [6.07, 6.45) is -4.80. The van der Waals surface area contributed by atoms with Gasteiger partial charge >= 0.3 is 12.3 Å². The van der Waals surface area contributed by atoms with Crippen LogP contribution in [0.25, 0.3) is 0 Å². The van der Waals surface area contributed by atoms with Gasteiger partial charge < -0.3 is 20.5 Å². The third-order valence-electron chi connectivity index (χ3n) is 2.20. The van der Waals surface area contributed by atoms with Gasteiger partial charge in [-0.25, -0.2) is 0 Å². The number of para-hydroxylation sites is 2. The number of nitrogens with zero attached hydrogens (tertiary/aromatic N) is 1. The number of alkyl halides is 3. The first-order valence-electron chi connectivity index (χ1n) is 5.80. The predicted molar refractivity (Wildman–Crippen MR) is 85.3 cm³/mol. The van der Waals surface area contributed by atoms with Crippen molar-refractivity contribution in [2.45, 2.75) is 12.8 Å². The van der Waals surface area contributed by atoms with E-state index >= 15 is 0 Å². The molecule has 0 saturated carbocycles. The number of hydrogen-bond acceptors (Lipinski definition) is 4. The number of methoxy groups -OCH3 is 1. The quantitative estimate of drug-likeness (QED) is 0.323. The molecule has 0 aromatic heterocycles. The molecule has 1 aromatic rings. The molecule has 0 atom stereocenters. The van der Waals surface area contributed by atoms with Crippen molar-refractivity contribution in [3.63, 3.8) is 0 Å². The zero-order valence-corrected chi connectivity index (χ0v) is 13.8. The molecule has 0 heterocycles. The fourth-order valence-electron chi connectivity index (χ4n) is 1.33. The van der Waals surface area contributed by atoms with Gasteiger partial charge in [-0.1, -0.05) is 12.1 Å². The summed E-state index contributed by atoms with van der Waals surface area (Å²) < 4.78 is 44.9. The Balaban J connectivity index is 0.00000441. The van der Waals surface area contributed by atoms with Gasteiger partial charge in [0.05, 0.1) is 25.8 Å². The lowest BCUT2D eigenvalue weighted by Gasteiger charge is -2.14. The summed E-state index contributed by atoms with van der Waals surface area (Å²) in [6, 6.07) is 5.38. The average molecular weight is 433 g/mol. The highest BCUT2D eigenvalue weighted by molar-refractivity contribution is 14.0. The molecule has 6 nitrogen and oxygen atoms in total. The minimum Gasteiger partial charge on any atom is -0.469 e. The summed E-state index contributed by atoms with van der Waals surface area (Å²) in [4.78, 5) is 14.7. The lowest BCUT2D eigenvalue weighted by atomic mass is 10.3. The first-order chi connectivity index (χ1) is 9.81. The minimum atomic E-state index is -4.81. The Hall–Kier alpha value is -1.72. The normalized spacial score (nSPS) is 11.4. The van der Waals surface area contributed by atoms with Crippen LogP contribution in [-0.4, -0.2) is 31.9 Å². The molecule has 0 amide bonds. The maximum atomic E-state index is 12.2. The van der Waals surface area contributed by atoms with Crippen LogP contribution in [0.15, 0.2) is 29.3 Å². The van der Waals surface area contributed by atoms with E-state index in [0.717, 1.165) is 6.07 Å². The molecule has 22 heavy (non-hydrogen) atoms. The third-order valence-corrected chi connectivity index (χ3v) is 2.20. The third kappa shape index (κ3) is 7.90. The highest BCUT2D eigenvalue weighted by Gasteiger charge is 2.32. The number of halogens is 4. The van der Waals surface area contributed by atoms with Gasteiger partial charge in [-0.05, 0) is 12.1 Å². The van der Waals surface area contributed by atoms with E-state index < -0.39 is 18.1 Å². The molecule has 1 aromatic carbocycles. The SMILES string of the molecule is COC(=O)CCN=C(N)Nc1ccccc1OC(F)(F)F.I. The van der Waals surface area contributed by atoms with E-state index in [4.69, 9.17) is 5.73 Å². The van der Waals surface area contributed by atoms with E-state index in [-0.39, 0.29) is 48.6 Å². The van der Waals surface area contributed by atoms with E-state index in [9.17, 15) is 18.0 Å². The molecule has 0 saturated heterocycles. The molecule has 0 bridgehead atoms. The van der Waals surface area contributed by atoms with Crippen LogP contribution in [0.3, 0.4) is 0 Å². The Labute approximate surface area is 141 Å². The molecule has 0 unspecified atom stereocenters. The van der Waals surface area contributed by atoms with Gasteiger partial charge in [0.15, 0.2) is 11.7 Å². The van der Waals surface area contributed by atoms with Crippen LogP contribution >= 0.6 is 24.0 Å². The van der Waals surface area contributed by atoms with Crippen molar-refractivity contribution in [1.82, 2.24) is 0 Å². The van der Waals surface area contributed by atoms with E-state index in [2.05, 4.69) is 19.8 Å². The van der Waals surface area contributed by atoms with Crippen molar-refractivity contribution in [3.8, 4) is 5.75 Å². The highest BCUT2D eigenvalue weighted by Crippen LogP contribution is 2.29. The van der Waals surface area contributed by atoms with Crippen molar-refractivity contribution in [3.05, 3.63) is 24.3 Å². The second kappa shape index (κ2) is 9.33. The van der Waals surface area contributed by atoms with Crippen LogP contribution < -0.4 is 15.8 Å². The fourth-order valence-corrected chi connectivity index (χ4v) is 1.33. The lowest BCUT2D eigenvalue weighted by molar-refractivity contribution is -0.274. The molecule has 0 fully saturated rings. The largest absolute Gasteiger partial charge is 0.573 e. The second-order valence-corrected chi connectivity index (χ2v) is 3.76. The van der Waals surface area contributed by atoms with Gasteiger partial charge in [0.25, 0.3) is 0 Å². The second-order valence-electron chi connectivity index (χ2n) is 3.76. The Morgan fingerprint density at radius 2 is 2.00 bits per heavy atom. The molecule has 0 spiro atoms. The maximum absolute atomic E-state index is 12.2. The Morgan fingerprint density at radius 3 is 2.59 bits per heavy atom. The van der Waals surface area contributed by atoms with Gasteiger partial charge in [0, 0.05) is 0 Å². The highest BCUT2D eigenvalue weighted by atomic mass is 127. The van der Waals surface area contributed by atoms with Gasteiger partial charge in [-0.15, -0.1) is 37.1 Å². The zero-order valence-electron chi connectivity index (χ0n) is 11.5. The standard InChI is InChI=1S/C12H14F3N3O3.HI/c1-20-10(19)6-7-17-11(16)18-8-4-2-3-5-9(8)21-12(13,14)15;/h2-5H,6-7H2,1H3,(H3,16,17,18);1H. The molecule has 124 valence electrons. The summed E-state index contributed by atoms with van der Waals surface area (Å²) >= 11 is 0. The Bertz CT molecular complexity index is 524. The summed E-state index contributed by atoms with van der Waals surface area (Å²) in [5, 5.41) is 2.48. The van der Waals surface area contributed by atoms with Crippen LogP contribution in [0, 0.1) is 0 Å². The summed E-state index contributed by atoms with van der Waals surface area (Å²) in [5.74, 6) is -1.04. The van der Waals surface area contributed by atoms with Crippen LogP contribution in [0.2, 0.25) is 0 Å². The van der Waals surface area contributed by atoms with Gasteiger partial charge in [0.1, 0.15) is 0 Å². The molecule has 1 rings (SSSR count). The van der Waals surface area contributed by atoms with Crippen LogP contribution in [-0.2, 0) is 9.53 Å². The molecule has 3 N–H and O–H groups in total. The lowest BCUT2D eigenvalue weighted by Crippen LogP contribution is -2.25. The number of ether oxygens (including phenoxy) is 2. The predicted octanol–water partition coefficient (Wildman–Crippen LogP) is 2.49. The number of rotatable bonds is 5. The van der Waals surface area contributed by atoms with Gasteiger partial charge in [-0.2, -0.15) is 0 Å². The number of hydrogen-bond donors (Lipinski definition) is 2. The number of benzene rings is 1. The van der Waals surface area contributed by atoms with Crippen molar-refractivity contribution < 1.29 is 27.4 Å². The topological polar surface area (TPSA) is 85.9 Å². The number of anilines is 1. The van der Waals surface area contributed by atoms with Gasteiger partial charge in [0.2, 0.25) is 0 Å². The summed E-state index contributed by atoms with van der Waals surface area (Å²) in [7, 11) is 1.23. The molecule has 0 aliphatic carbocycles. The number of nitrogens with two attached hydrogens (primary N) is 1. The first kappa shape index (κ1) is 20.3. The number of esters is 1. The first-order valence-corrected chi connectivity index (χ1v) is 5.80. The van der Waals surface area contributed by atoms with Gasteiger partial charge in [-0.3, -0.25) is 9.79 Å². The van der Waals surface area contributed by atoms with Crippen molar-refractivity contribution in [2.75, 3.05) is 19.0 Å². The minimum absolute atomic E-state index is 0. The molecule has 0 aliphatic rings. The monoisotopic (exact) mass is 433 g/mol. The number of aliphatic imine (C=N–C) groups is 1. The number of guanidine groups is 1. The van der Waals surface area contributed by atoms with Crippen molar-refractivity contribution >= 4 is 41.6 Å². The van der Waals surface area contributed by atoms with E-state index in [0.29, 0.717) is 0 Å². The number of carbonyl (C=O) groups is 1. The molecule has 0 aliphatic heterocycles. The summed E-state index contributed by atoms with van der Waals surface area (Å²) in [5.41, 5.74) is 5.52. The molecule has 0 radical (unpaired) electrons. The number of nitrogens with one attached hydrogen (secondary N) is 1. The Kier molecular flexibility index (Phi) is 8.60. The van der Waals surface area contributed by atoms with Crippen LogP contribution in [0.4, 0.5) is 18.9 Å². The van der Waals surface area contributed by atoms with Crippen molar-refractivity contribution in [2.24, 2.45) is 10.7 Å². The van der Waals surface area contributed by atoms with E-state index in [1.807, 2.05) is 0 Å². The van der Waals surface area contributed by atoms with Crippen LogP contribution in [0.5, 0.6) is 5.75 Å². The number of carbonyl (C=O) groups excluding carboxylic acids is 1. The molecular weight excluding hydrogens is 418 g/mol. The fraction of sp³-hybridized carbons (Fsp3) is 0.333. The van der Waals surface area contributed by atoms with E-state index in [1.165, 1.54) is 25.3 Å². The smallest absolute Gasteiger partial charge is 0.469 e. The van der Waals surface area contributed by atoms with Crippen molar-refractivity contribution in [1.29, 1.82) is 0 Å². The molecule has 10 heteroatoms. The maximum Gasteiger partial charge on any atom is 0.573 e. The van der Waals surface area contributed by atoms with E-state index in [1.54, 1.807) is 0 Å².